The molecule has 8 heteroatoms. The average Bonchev–Trinajstić information content (AvgIpc) is 2.90. The van der Waals surface area contributed by atoms with Crippen LogP contribution in [0.4, 0.5) is 5.69 Å². The highest BCUT2D eigenvalue weighted by atomic mass is 35.5. The minimum Gasteiger partial charge on any atom is -0.493 e. The van der Waals surface area contributed by atoms with Crippen LogP contribution in [-0.2, 0) is 4.79 Å². The van der Waals surface area contributed by atoms with Crippen molar-refractivity contribution in [2.75, 3.05) is 0 Å². The van der Waals surface area contributed by atoms with E-state index in [-0.39, 0.29) is 11.6 Å². The molecule has 1 heterocycles. The van der Waals surface area contributed by atoms with E-state index in [1.807, 2.05) is 6.07 Å². The third-order valence-electron chi connectivity index (χ3n) is 3.45. The predicted molar refractivity (Wildman–Crippen MR) is 96.0 cm³/mol. The molecule has 0 radical (unpaired) electrons. The first-order chi connectivity index (χ1) is 12.0. The molecule has 2 aromatic carbocycles. The SMILES string of the molecule is CC(Oc1ccc(Cl)cc1Cl)C(=O)N=Nc1c(O)[nH]c2ccccc12. The highest BCUT2D eigenvalue weighted by molar-refractivity contribution is 6.35. The highest BCUT2D eigenvalue weighted by Gasteiger charge is 2.17. The summed E-state index contributed by atoms with van der Waals surface area (Å²) >= 11 is 11.8. The van der Waals surface area contributed by atoms with Gasteiger partial charge in [0.25, 0.3) is 0 Å². The van der Waals surface area contributed by atoms with Crippen LogP contribution >= 0.6 is 23.2 Å². The molecule has 25 heavy (non-hydrogen) atoms. The Morgan fingerprint density at radius 1 is 1.24 bits per heavy atom. The molecule has 3 rings (SSSR count). The number of para-hydroxylation sites is 1. The Morgan fingerprint density at radius 2 is 2.00 bits per heavy atom. The van der Waals surface area contributed by atoms with E-state index in [0.29, 0.717) is 26.7 Å². The molecular weight excluding hydrogens is 365 g/mol. The first-order valence-electron chi connectivity index (χ1n) is 7.32. The molecule has 3 aromatic rings. The van der Waals surface area contributed by atoms with Gasteiger partial charge in [0.1, 0.15) is 5.75 Å². The van der Waals surface area contributed by atoms with Crippen LogP contribution in [0, 0.1) is 0 Å². The number of carbonyl (C=O) groups is 1. The number of carbonyl (C=O) groups excluding carboxylic acids is 1. The summed E-state index contributed by atoms with van der Waals surface area (Å²) in [6.07, 6.45) is -0.908. The zero-order chi connectivity index (χ0) is 18.0. The van der Waals surface area contributed by atoms with Crippen LogP contribution in [-0.4, -0.2) is 22.1 Å². The Labute approximate surface area is 153 Å². The third-order valence-corrected chi connectivity index (χ3v) is 3.98. The van der Waals surface area contributed by atoms with Gasteiger partial charge in [0, 0.05) is 10.4 Å². The van der Waals surface area contributed by atoms with Gasteiger partial charge in [-0.05, 0) is 31.2 Å². The number of benzene rings is 2. The number of hydrogen-bond donors (Lipinski definition) is 2. The maximum absolute atomic E-state index is 12.1. The second kappa shape index (κ2) is 7.13. The van der Waals surface area contributed by atoms with Crippen LogP contribution in [0.2, 0.25) is 10.0 Å². The van der Waals surface area contributed by atoms with Crippen LogP contribution in [0.5, 0.6) is 11.6 Å². The van der Waals surface area contributed by atoms with Crippen molar-refractivity contribution >= 4 is 45.7 Å². The molecule has 1 unspecified atom stereocenters. The van der Waals surface area contributed by atoms with Gasteiger partial charge in [-0.25, -0.2) is 0 Å². The lowest BCUT2D eigenvalue weighted by Crippen LogP contribution is -2.21. The van der Waals surface area contributed by atoms with E-state index >= 15 is 0 Å². The monoisotopic (exact) mass is 377 g/mol. The summed E-state index contributed by atoms with van der Waals surface area (Å²) in [4.78, 5) is 14.9. The number of aromatic nitrogens is 1. The molecule has 0 aliphatic carbocycles. The van der Waals surface area contributed by atoms with Crippen LogP contribution in [0.1, 0.15) is 6.92 Å². The van der Waals surface area contributed by atoms with E-state index in [1.54, 1.807) is 30.3 Å². The number of nitrogens with one attached hydrogen (secondary N) is 1. The number of ether oxygens (including phenoxy) is 1. The largest absolute Gasteiger partial charge is 0.493 e. The number of nitrogens with zero attached hydrogens (tertiary/aromatic N) is 2. The smallest absolute Gasteiger partial charge is 0.304 e. The van der Waals surface area contributed by atoms with E-state index in [0.717, 1.165) is 0 Å². The van der Waals surface area contributed by atoms with E-state index in [1.165, 1.54) is 13.0 Å². The van der Waals surface area contributed by atoms with Crippen LogP contribution in [0.3, 0.4) is 0 Å². The first kappa shape index (κ1) is 17.3. The summed E-state index contributed by atoms with van der Waals surface area (Å²) in [6, 6.07) is 11.8. The fourth-order valence-electron chi connectivity index (χ4n) is 2.21. The molecule has 0 aliphatic heterocycles. The lowest BCUT2D eigenvalue weighted by Gasteiger charge is -2.12. The van der Waals surface area contributed by atoms with Crippen LogP contribution < -0.4 is 4.74 Å². The minimum absolute atomic E-state index is 0.160. The predicted octanol–water partition coefficient (Wildman–Crippen LogP) is 5.26. The van der Waals surface area contributed by atoms with Gasteiger partial charge in [0.2, 0.25) is 5.88 Å². The van der Waals surface area contributed by atoms with Gasteiger partial charge in [-0.15, -0.1) is 10.2 Å². The first-order valence-corrected chi connectivity index (χ1v) is 8.08. The average molecular weight is 378 g/mol. The molecule has 0 saturated carbocycles. The Balaban J connectivity index is 1.76. The van der Waals surface area contributed by atoms with Crippen molar-refractivity contribution in [2.24, 2.45) is 10.2 Å². The molecular formula is C17H13Cl2N3O3. The Bertz CT molecular complexity index is 969. The molecule has 1 aromatic heterocycles. The summed E-state index contributed by atoms with van der Waals surface area (Å²) < 4.78 is 5.49. The highest BCUT2D eigenvalue weighted by Crippen LogP contribution is 2.35. The van der Waals surface area contributed by atoms with Gasteiger partial charge in [-0.1, -0.05) is 41.4 Å². The van der Waals surface area contributed by atoms with Crippen molar-refractivity contribution in [3.63, 3.8) is 0 Å². The fourth-order valence-corrected chi connectivity index (χ4v) is 2.66. The zero-order valence-electron chi connectivity index (χ0n) is 13.0. The van der Waals surface area contributed by atoms with Crippen LogP contribution in [0.25, 0.3) is 10.9 Å². The van der Waals surface area contributed by atoms with Crippen molar-refractivity contribution in [3.8, 4) is 11.6 Å². The van der Waals surface area contributed by atoms with E-state index in [4.69, 9.17) is 27.9 Å². The van der Waals surface area contributed by atoms with E-state index in [2.05, 4.69) is 15.2 Å². The summed E-state index contributed by atoms with van der Waals surface area (Å²) in [5.74, 6) is -0.458. The number of fused-ring (bicyclic) bond motifs is 1. The van der Waals surface area contributed by atoms with Crippen molar-refractivity contribution in [1.29, 1.82) is 0 Å². The summed E-state index contributed by atoms with van der Waals surface area (Å²) in [6.45, 7) is 1.53. The normalized spacial score (nSPS) is 12.6. The summed E-state index contributed by atoms with van der Waals surface area (Å²) in [5, 5.41) is 18.8. The van der Waals surface area contributed by atoms with Crippen molar-refractivity contribution in [2.45, 2.75) is 13.0 Å². The summed E-state index contributed by atoms with van der Waals surface area (Å²) in [5.41, 5.74) is 0.888. The van der Waals surface area contributed by atoms with Crippen molar-refractivity contribution < 1.29 is 14.6 Å². The van der Waals surface area contributed by atoms with Gasteiger partial charge >= 0.3 is 5.91 Å². The number of amides is 1. The minimum atomic E-state index is -0.908. The molecule has 2 N–H and O–H groups in total. The number of azo groups is 1. The number of hydrogen-bond acceptors (Lipinski definition) is 4. The van der Waals surface area contributed by atoms with Gasteiger partial charge in [0.15, 0.2) is 11.8 Å². The fraction of sp³-hybridized carbons (Fsp3) is 0.118. The topological polar surface area (TPSA) is 87.0 Å². The lowest BCUT2D eigenvalue weighted by atomic mass is 10.2. The maximum Gasteiger partial charge on any atom is 0.304 e. The molecule has 6 nitrogen and oxygen atoms in total. The maximum atomic E-state index is 12.1. The quantitative estimate of drug-likeness (QED) is 0.607. The van der Waals surface area contributed by atoms with E-state index in [9.17, 15) is 9.90 Å². The van der Waals surface area contributed by atoms with Gasteiger partial charge in [-0.3, -0.25) is 4.79 Å². The van der Waals surface area contributed by atoms with Crippen LogP contribution in [0.15, 0.2) is 52.7 Å². The van der Waals surface area contributed by atoms with Crippen molar-refractivity contribution in [3.05, 3.63) is 52.5 Å². The second-order valence-corrected chi connectivity index (χ2v) is 6.08. The molecule has 128 valence electrons. The van der Waals surface area contributed by atoms with Gasteiger partial charge in [0.05, 0.1) is 10.5 Å². The standard InChI is InChI=1S/C17H13Cl2N3O3/c1-9(25-14-7-6-10(18)8-12(14)19)16(23)22-21-15-11-4-2-3-5-13(11)20-17(15)24/h2-9,20,24H,1H3. The molecule has 0 bridgehead atoms. The molecule has 0 aliphatic rings. The Morgan fingerprint density at radius 3 is 2.76 bits per heavy atom. The molecule has 0 fully saturated rings. The summed E-state index contributed by atoms with van der Waals surface area (Å²) in [7, 11) is 0. The number of rotatable bonds is 4. The molecule has 0 spiro atoms. The number of aromatic amines is 1. The molecule has 1 amide bonds. The van der Waals surface area contributed by atoms with Gasteiger partial charge in [-0.2, -0.15) is 0 Å². The van der Waals surface area contributed by atoms with Gasteiger partial charge < -0.3 is 14.8 Å². The third kappa shape index (κ3) is 3.75. The number of halogens is 2. The molecule has 1 atom stereocenters. The zero-order valence-corrected chi connectivity index (χ0v) is 14.5. The second-order valence-electron chi connectivity index (χ2n) is 5.24. The molecule has 0 saturated heterocycles. The Hall–Kier alpha value is -2.57. The number of H-pyrrole nitrogens is 1. The lowest BCUT2D eigenvalue weighted by molar-refractivity contribution is -0.124. The Kier molecular flexibility index (Phi) is 4.92. The number of aromatic hydroxyl groups is 1. The van der Waals surface area contributed by atoms with Crippen molar-refractivity contribution in [1.82, 2.24) is 4.98 Å². The van der Waals surface area contributed by atoms with E-state index < -0.39 is 12.0 Å².